The van der Waals surface area contributed by atoms with Crippen LogP contribution in [0, 0.1) is 0 Å². The number of carbonyl (C=O) groups is 1. The molecule has 6 heteroatoms. The van der Waals surface area contributed by atoms with E-state index in [-0.39, 0.29) is 12.5 Å². The van der Waals surface area contributed by atoms with E-state index in [1.165, 1.54) is 0 Å². The standard InChI is InChI=1S/C14H17BrN2O3/c1-4-20-14(18)13-8-5-12(19-3)9(15)6-10(8)17(2)11(13)7-16/h5-6H,4,7,16H2,1-3H3. The first kappa shape index (κ1) is 14.9. The number of benzene rings is 1. The average molecular weight is 341 g/mol. The molecule has 1 aromatic carbocycles. The summed E-state index contributed by atoms with van der Waals surface area (Å²) in [5.41, 5.74) is 7.95. The maximum Gasteiger partial charge on any atom is 0.340 e. The van der Waals surface area contributed by atoms with Crippen molar-refractivity contribution in [1.82, 2.24) is 4.57 Å². The lowest BCUT2D eigenvalue weighted by molar-refractivity contribution is 0.0527. The molecule has 1 aromatic heterocycles. The second-order valence-corrected chi connectivity index (χ2v) is 5.16. The molecule has 0 saturated carbocycles. The molecule has 0 aliphatic rings. The largest absolute Gasteiger partial charge is 0.496 e. The number of ether oxygens (including phenoxy) is 2. The summed E-state index contributed by atoms with van der Waals surface area (Å²) in [5.74, 6) is 0.306. The first-order valence-corrected chi connectivity index (χ1v) is 7.06. The van der Waals surface area contributed by atoms with E-state index < -0.39 is 0 Å². The normalized spacial score (nSPS) is 10.8. The molecular weight excluding hydrogens is 324 g/mol. The summed E-state index contributed by atoms with van der Waals surface area (Å²) >= 11 is 3.45. The van der Waals surface area contributed by atoms with Crippen LogP contribution < -0.4 is 10.5 Å². The van der Waals surface area contributed by atoms with E-state index in [1.807, 2.05) is 23.7 Å². The third-order valence-electron chi connectivity index (χ3n) is 3.27. The van der Waals surface area contributed by atoms with Gasteiger partial charge < -0.3 is 19.8 Å². The number of aromatic nitrogens is 1. The Balaban J connectivity index is 2.79. The number of carbonyl (C=O) groups excluding carboxylic acids is 1. The van der Waals surface area contributed by atoms with Crippen molar-refractivity contribution in [2.45, 2.75) is 13.5 Å². The van der Waals surface area contributed by atoms with Crippen molar-refractivity contribution in [2.75, 3.05) is 13.7 Å². The zero-order chi connectivity index (χ0) is 14.9. The topological polar surface area (TPSA) is 66.5 Å². The molecule has 0 amide bonds. The van der Waals surface area contributed by atoms with Crippen molar-refractivity contribution in [3.05, 3.63) is 27.9 Å². The molecule has 0 fully saturated rings. The van der Waals surface area contributed by atoms with Crippen LogP contribution in [0.4, 0.5) is 0 Å². The van der Waals surface area contributed by atoms with E-state index in [0.29, 0.717) is 17.9 Å². The fourth-order valence-corrected chi connectivity index (χ4v) is 2.81. The summed E-state index contributed by atoms with van der Waals surface area (Å²) in [6.07, 6.45) is 0. The molecule has 2 N–H and O–H groups in total. The molecule has 0 saturated heterocycles. The Labute approximate surface area is 125 Å². The Morgan fingerprint density at radius 3 is 2.70 bits per heavy atom. The Morgan fingerprint density at radius 1 is 1.45 bits per heavy atom. The predicted molar refractivity (Wildman–Crippen MR) is 81.0 cm³/mol. The van der Waals surface area contributed by atoms with Crippen molar-refractivity contribution < 1.29 is 14.3 Å². The molecule has 0 bridgehead atoms. The minimum atomic E-state index is -0.358. The van der Waals surface area contributed by atoms with Crippen LogP contribution in [0.3, 0.4) is 0 Å². The average Bonchev–Trinajstić information content (AvgIpc) is 2.70. The van der Waals surface area contributed by atoms with Gasteiger partial charge in [0.1, 0.15) is 5.75 Å². The Hall–Kier alpha value is -1.53. The number of aryl methyl sites for hydroxylation is 1. The van der Waals surface area contributed by atoms with Gasteiger partial charge in [-0.3, -0.25) is 0 Å². The van der Waals surface area contributed by atoms with Gasteiger partial charge in [0, 0.05) is 24.7 Å². The maximum atomic E-state index is 12.2. The van der Waals surface area contributed by atoms with E-state index in [2.05, 4.69) is 15.9 Å². The number of nitrogens with two attached hydrogens (primary N) is 1. The van der Waals surface area contributed by atoms with Gasteiger partial charge in [-0.05, 0) is 35.0 Å². The third kappa shape index (κ3) is 2.29. The number of methoxy groups -OCH3 is 1. The van der Waals surface area contributed by atoms with Crippen molar-refractivity contribution in [3.63, 3.8) is 0 Å². The molecule has 0 spiro atoms. The highest BCUT2D eigenvalue weighted by Gasteiger charge is 2.22. The van der Waals surface area contributed by atoms with E-state index >= 15 is 0 Å². The first-order chi connectivity index (χ1) is 9.54. The smallest absolute Gasteiger partial charge is 0.340 e. The van der Waals surface area contributed by atoms with Crippen LogP contribution in [0.15, 0.2) is 16.6 Å². The number of fused-ring (bicyclic) bond motifs is 1. The summed E-state index contributed by atoms with van der Waals surface area (Å²) < 4.78 is 13.2. The minimum Gasteiger partial charge on any atom is -0.496 e. The van der Waals surface area contributed by atoms with Crippen molar-refractivity contribution in [1.29, 1.82) is 0 Å². The maximum absolute atomic E-state index is 12.2. The summed E-state index contributed by atoms with van der Waals surface area (Å²) in [6, 6.07) is 3.74. The third-order valence-corrected chi connectivity index (χ3v) is 3.89. The van der Waals surface area contributed by atoms with Crippen molar-refractivity contribution in [3.8, 4) is 5.75 Å². The molecule has 5 nitrogen and oxygen atoms in total. The summed E-state index contributed by atoms with van der Waals surface area (Å²) in [6.45, 7) is 2.37. The molecule has 2 rings (SSSR count). The second-order valence-electron chi connectivity index (χ2n) is 4.31. The quantitative estimate of drug-likeness (QED) is 0.868. The van der Waals surface area contributed by atoms with E-state index in [0.717, 1.165) is 21.1 Å². The predicted octanol–water partition coefficient (Wildman–Crippen LogP) is 2.58. The Bertz CT molecular complexity index is 664. The lowest BCUT2D eigenvalue weighted by Gasteiger charge is -2.05. The van der Waals surface area contributed by atoms with Gasteiger partial charge in [0.15, 0.2) is 0 Å². The van der Waals surface area contributed by atoms with Crippen LogP contribution in [0.25, 0.3) is 10.9 Å². The molecule has 0 radical (unpaired) electrons. The van der Waals surface area contributed by atoms with Gasteiger partial charge in [-0.25, -0.2) is 4.79 Å². The van der Waals surface area contributed by atoms with Gasteiger partial charge in [-0.15, -0.1) is 0 Å². The van der Waals surface area contributed by atoms with E-state index in [4.69, 9.17) is 15.2 Å². The molecule has 0 unspecified atom stereocenters. The second kappa shape index (κ2) is 5.85. The van der Waals surface area contributed by atoms with Crippen LogP contribution in [-0.4, -0.2) is 24.3 Å². The lowest BCUT2D eigenvalue weighted by Crippen LogP contribution is -2.12. The summed E-state index contributed by atoms with van der Waals surface area (Å²) in [7, 11) is 3.47. The fourth-order valence-electron chi connectivity index (χ4n) is 2.32. The van der Waals surface area contributed by atoms with E-state index in [9.17, 15) is 4.79 Å². The van der Waals surface area contributed by atoms with Gasteiger partial charge in [-0.1, -0.05) is 0 Å². The molecule has 0 atom stereocenters. The van der Waals surface area contributed by atoms with Gasteiger partial charge in [-0.2, -0.15) is 0 Å². The lowest BCUT2D eigenvalue weighted by atomic mass is 10.1. The molecule has 0 aliphatic carbocycles. The van der Waals surface area contributed by atoms with Crippen LogP contribution in [0.5, 0.6) is 5.75 Å². The molecular formula is C14H17BrN2O3. The minimum absolute atomic E-state index is 0.263. The number of halogens is 1. The van der Waals surface area contributed by atoms with Gasteiger partial charge >= 0.3 is 5.97 Å². The highest BCUT2D eigenvalue weighted by molar-refractivity contribution is 9.10. The molecule has 1 heterocycles. The number of hydrogen-bond acceptors (Lipinski definition) is 4. The summed E-state index contributed by atoms with van der Waals surface area (Å²) in [5, 5.41) is 0.784. The molecule has 20 heavy (non-hydrogen) atoms. The molecule has 108 valence electrons. The van der Waals surface area contributed by atoms with Crippen LogP contribution in [0.1, 0.15) is 23.0 Å². The first-order valence-electron chi connectivity index (χ1n) is 6.27. The molecule has 0 aliphatic heterocycles. The number of hydrogen-bond donors (Lipinski definition) is 1. The zero-order valence-electron chi connectivity index (χ0n) is 11.7. The highest BCUT2D eigenvalue weighted by Crippen LogP contribution is 2.34. The zero-order valence-corrected chi connectivity index (χ0v) is 13.3. The SMILES string of the molecule is CCOC(=O)c1c(CN)n(C)c2cc(Br)c(OC)cc12. The summed E-state index contributed by atoms with van der Waals surface area (Å²) in [4.78, 5) is 12.2. The van der Waals surface area contributed by atoms with Crippen LogP contribution in [0.2, 0.25) is 0 Å². The van der Waals surface area contributed by atoms with Crippen LogP contribution in [-0.2, 0) is 18.3 Å². The number of nitrogens with zero attached hydrogens (tertiary/aromatic N) is 1. The van der Waals surface area contributed by atoms with Gasteiger partial charge in [0.05, 0.1) is 29.3 Å². The van der Waals surface area contributed by atoms with Gasteiger partial charge in [0.2, 0.25) is 0 Å². The Morgan fingerprint density at radius 2 is 2.15 bits per heavy atom. The molecule has 2 aromatic rings. The number of esters is 1. The monoisotopic (exact) mass is 340 g/mol. The van der Waals surface area contributed by atoms with Crippen molar-refractivity contribution >= 4 is 32.8 Å². The van der Waals surface area contributed by atoms with Gasteiger partial charge in [0.25, 0.3) is 0 Å². The highest BCUT2D eigenvalue weighted by atomic mass is 79.9. The number of rotatable bonds is 4. The van der Waals surface area contributed by atoms with E-state index in [1.54, 1.807) is 14.0 Å². The Kier molecular flexibility index (Phi) is 4.35. The van der Waals surface area contributed by atoms with Crippen molar-refractivity contribution in [2.24, 2.45) is 12.8 Å². The fraction of sp³-hybridized carbons (Fsp3) is 0.357. The van der Waals surface area contributed by atoms with Crippen LogP contribution >= 0.6 is 15.9 Å².